The van der Waals surface area contributed by atoms with E-state index in [4.69, 9.17) is 9.97 Å². The lowest BCUT2D eigenvalue weighted by molar-refractivity contribution is -0.116. The maximum absolute atomic E-state index is 13.1. The summed E-state index contributed by atoms with van der Waals surface area (Å²) in [6.45, 7) is 0.538. The fraction of sp³-hybridized carbons (Fsp3) is 0.192. The molecule has 1 saturated carbocycles. The van der Waals surface area contributed by atoms with Crippen molar-refractivity contribution < 1.29 is 9.18 Å². The number of hydrogen-bond donors (Lipinski definition) is 1. The van der Waals surface area contributed by atoms with Gasteiger partial charge in [0.05, 0.1) is 5.52 Å². The van der Waals surface area contributed by atoms with E-state index in [0.29, 0.717) is 30.5 Å². The minimum Gasteiger partial charge on any atom is -0.352 e. The number of fused-ring (bicyclic) bond motifs is 1. The highest BCUT2D eigenvalue weighted by atomic mass is 79.9. The van der Waals surface area contributed by atoms with Crippen LogP contribution in [0.5, 0.6) is 0 Å². The van der Waals surface area contributed by atoms with E-state index in [1.165, 1.54) is 12.1 Å². The zero-order valence-electron chi connectivity index (χ0n) is 17.8. The van der Waals surface area contributed by atoms with E-state index >= 15 is 0 Å². The predicted molar refractivity (Wildman–Crippen MR) is 133 cm³/mol. The Morgan fingerprint density at radius 1 is 1.03 bits per heavy atom. The molecule has 0 saturated heterocycles. The summed E-state index contributed by atoms with van der Waals surface area (Å²) in [5, 5.41) is 3.82. The van der Waals surface area contributed by atoms with E-state index in [9.17, 15) is 9.18 Å². The maximum Gasteiger partial charge on any atom is 0.226 e. The van der Waals surface area contributed by atoms with Crippen LogP contribution in [0.1, 0.15) is 19.3 Å². The number of benzene rings is 3. The van der Waals surface area contributed by atoms with Crippen LogP contribution in [0.25, 0.3) is 22.3 Å². The molecule has 1 amide bonds. The first-order chi connectivity index (χ1) is 16.1. The van der Waals surface area contributed by atoms with Gasteiger partial charge in [-0.1, -0.05) is 40.2 Å². The number of rotatable bonds is 7. The summed E-state index contributed by atoms with van der Waals surface area (Å²) in [6.07, 6.45) is 2.45. The lowest BCUT2D eigenvalue weighted by atomic mass is 10.1. The van der Waals surface area contributed by atoms with Crippen LogP contribution in [0, 0.1) is 5.82 Å². The molecule has 1 aliphatic carbocycles. The molecule has 5 nitrogen and oxygen atoms in total. The van der Waals surface area contributed by atoms with Crippen LogP contribution >= 0.6 is 15.9 Å². The highest BCUT2D eigenvalue weighted by Crippen LogP contribution is 2.36. The molecule has 0 unspecified atom stereocenters. The number of carbonyl (C=O) groups is 1. The van der Waals surface area contributed by atoms with Gasteiger partial charge in [-0.2, -0.15) is 0 Å². The Morgan fingerprint density at radius 2 is 1.82 bits per heavy atom. The molecule has 4 aromatic rings. The summed E-state index contributed by atoms with van der Waals surface area (Å²) in [5.41, 5.74) is 2.39. The number of para-hydroxylation sites is 1. The third-order valence-corrected chi connectivity index (χ3v) is 6.13. The van der Waals surface area contributed by atoms with Gasteiger partial charge in [0, 0.05) is 40.1 Å². The Hall–Kier alpha value is -3.32. The van der Waals surface area contributed by atoms with E-state index in [1.807, 2.05) is 48.5 Å². The van der Waals surface area contributed by atoms with Crippen molar-refractivity contribution in [2.45, 2.75) is 25.3 Å². The van der Waals surface area contributed by atoms with Crippen LogP contribution in [-0.2, 0) is 4.79 Å². The molecule has 1 heterocycles. The highest BCUT2D eigenvalue weighted by Gasteiger charge is 2.31. The van der Waals surface area contributed by atoms with Gasteiger partial charge in [-0.3, -0.25) is 4.79 Å². The molecule has 1 aromatic heterocycles. The van der Waals surface area contributed by atoms with Crippen LogP contribution in [0.2, 0.25) is 0 Å². The Morgan fingerprint density at radius 3 is 2.58 bits per heavy atom. The average molecular weight is 505 g/mol. The average Bonchev–Trinajstić information content (AvgIpc) is 3.66. The number of carbonyl (C=O) groups excluding carboxylic acids is 1. The number of halogens is 2. The van der Waals surface area contributed by atoms with Crippen molar-refractivity contribution in [3.05, 3.63) is 83.1 Å². The zero-order chi connectivity index (χ0) is 22.8. The van der Waals surface area contributed by atoms with Crippen molar-refractivity contribution in [1.82, 2.24) is 9.97 Å². The van der Waals surface area contributed by atoms with Crippen LogP contribution in [-0.4, -0.2) is 28.5 Å². The topological polar surface area (TPSA) is 58.1 Å². The molecule has 7 heteroatoms. The highest BCUT2D eigenvalue weighted by molar-refractivity contribution is 9.10. The molecular weight excluding hydrogens is 483 g/mol. The molecule has 1 N–H and O–H groups in total. The third-order valence-electron chi connectivity index (χ3n) is 5.63. The Labute approximate surface area is 199 Å². The van der Waals surface area contributed by atoms with Gasteiger partial charge in [-0.05, 0) is 61.4 Å². The van der Waals surface area contributed by atoms with Crippen LogP contribution in [0.15, 0.2) is 77.3 Å². The van der Waals surface area contributed by atoms with Crippen molar-refractivity contribution in [3.8, 4) is 11.4 Å². The minimum absolute atomic E-state index is 0.113. The lowest BCUT2D eigenvalue weighted by Gasteiger charge is -2.25. The molecule has 0 bridgehead atoms. The van der Waals surface area contributed by atoms with Gasteiger partial charge < -0.3 is 10.2 Å². The molecule has 166 valence electrons. The van der Waals surface area contributed by atoms with E-state index in [1.54, 1.807) is 12.1 Å². The first-order valence-corrected chi connectivity index (χ1v) is 11.7. The molecule has 5 rings (SSSR count). The standard InChI is InChI=1S/C26H22BrFN4O/c27-18-5-3-4-17(16-18)25-30-23-7-2-1-6-22(23)26(31-25)32(21-12-13-21)15-14-24(33)29-20-10-8-19(28)9-11-20/h1-11,16,21H,12-15H2,(H,29,33). The van der Waals surface area contributed by atoms with Gasteiger partial charge in [0.2, 0.25) is 5.91 Å². The summed E-state index contributed by atoms with van der Waals surface area (Å²) in [7, 11) is 0. The Balaban J connectivity index is 1.43. The number of aromatic nitrogens is 2. The van der Waals surface area contributed by atoms with Crippen LogP contribution in [0.3, 0.4) is 0 Å². The van der Waals surface area contributed by atoms with Crippen LogP contribution in [0.4, 0.5) is 15.9 Å². The number of nitrogens with one attached hydrogen (secondary N) is 1. The van der Waals surface area contributed by atoms with Gasteiger partial charge in [-0.25, -0.2) is 14.4 Å². The minimum atomic E-state index is -0.329. The van der Waals surface area contributed by atoms with E-state index < -0.39 is 0 Å². The van der Waals surface area contributed by atoms with Gasteiger partial charge in [0.25, 0.3) is 0 Å². The SMILES string of the molecule is O=C(CCN(c1nc(-c2cccc(Br)c2)nc2ccccc12)C1CC1)Nc1ccc(F)cc1. The maximum atomic E-state index is 13.1. The number of amides is 1. The Kier molecular flexibility index (Phi) is 6.05. The smallest absolute Gasteiger partial charge is 0.226 e. The first kappa shape index (κ1) is 21.5. The van der Waals surface area contributed by atoms with Gasteiger partial charge in [0.1, 0.15) is 11.6 Å². The van der Waals surface area contributed by atoms with Crippen molar-refractivity contribution in [2.24, 2.45) is 0 Å². The normalized spacial score (nSPS) is 13.2. The molecule has 1 fully saturated rings. The molecule has 1 aliphatic rings. The van der Waals surface area contributed by atoms with Gasteiger partial charge in [0.15, 0.2) is 5.82 Å². The van der Waals surface area contributed by atoms with E-state index in [0.717, 1.165) is 39.6 Å². The summed E-state index contributed by atoms with van der Waals surface area (Å²) in [6, 6.07) is 22.1. The van der Waals surface area contributed by atoms with Crippen LogP contribution < -0.4 is 10.2 Å². The van der Waals surface area contributed by atoms with Gasteiger partial charge in [-0.15, -0.1) is 0 Å². The van der Waals surface area contributed by atoms with Crippen molar-refractivity contribution in [2.75, 3.05) is 16.8 Å². The third kappa shape index (κ3) is 5.03. The first-order valence-electron chi connectivity index (χ1n) is 10.9. The number of nitrogens with zero attached hydrogens (tertiary/aromatic N) is 3. The fourth-order valence-electron chi connectivity index (χ4n) is 3.86. The second kappa shape index (κ2) is 9.27. The summed E-state index contributed by atoms with van der Waals surface area (Å²) in [4.78, 5) is 24.6. The quantitative estimate of drug-likeness (QED) is 0.325. The summed E-state index contributed by atoms with van der Waals surface area (Å²) < 4.78 is 14.1. The van der Waals surface area contributed by atoms with Crippen molar-refractivity contribution >= 4 is 44.2 Å². The number of hydrogen-bond acceptors (Lipinski definition) is 4. The molecular formula is C26H22BrFN4O. The fourth-order valence-corrected chi connectivity index (χ4v) is 4.26. The zero-order valence-corrected chi connectivity index (χ0v) is 19.4. The largest absolute Gasteiger partial charge is 0.352 e. The monoisotopic (exact) mass is 504 g/mol. The van der Waals surface area contributed by atoms with E-state index in [-0.39, 0.29) is 11.7 Å². The molecule has 0 atom stereocenters. The van der Waals surface area contributed by atoms with Gasteiger partial charge >= 0.3 is 0 Å². The summed E-state index contributed by atoms with van der Waals surface area (Å²) in [5.74, 6) is 1.07. The molecule has 0 radical (unpaired) electrons. The molecule has 0 aliphatic heterocycles. The second-order valence-corrected chi connectivity index (χ2v) is 9.04. The van der Waals surface area contributed by atoms with E-state index in [2.05, 4.69) is 26.1 Å². The van der Waals surface area contributed by atoms with Crippen molar-refractivity contribution in [3.63, 3.8) is 0 Å². The lowest BCUT2D eigenvalue weighted by Crippen LogP contribution is -2.31. The predicted octanol–water partition coefficient (Wildman–Crippen LogP) is 6.20. The molecule has 0 spiro atoms. The Bertz CT molecular complexity index is 1310. The molecule has 33 heavy (non-hydrogen) atoms. The number of anilines is 2. The van der Waals surface area contributed by atoms with Crippen molar-refractivity contribution in [1.29, 1.82) is 0 Å². The summed E-state index contributed by atoms with van der Waals surface area (Å²) >= 11 is 3.53. The second-order valence-electron chi connectivity index (χ2n) is 8.13. The molecule has 3 aromatic carbocycles.